The van der Waals surface area contributed by atoms with Crippen LogP contribution in [-0.2, 0) is 24.9 Å². The summed E-state index contributed by atoms with van der Waals surface area (Å²) in [5.41, 5.74) is 3.57. The van der Waals surface area contributed by atoms with Crippen LogP contribution in [0.4, 0.5) is 14.5 Å². The molecule has 4 aromatic rings. The standard InChI is InChI=1S/C33H35F2N5O3/c1-23(41)40-15-7-14-38(21-24-8-5-4-6-9-24)16-17-39(22-26-18-28(34)29(35)19-32(26)40)33(42)30-20-31(37(2)36-30)25-10-12-27(43-3)13-11-25/h4-6,8-13,18-20H,7,14-17,21-22H2,1-3H3. The summed E-state index contributed by atoms with van der Waals surface area (Å²) < 4.78 is 36.0. The third-order valence-corrected chi connectivity index (χ3v) is 7.72. The van der Waals surface area contributed by atoms with Crippen LogP contribution in [0, 0.1) is 11.6 Å². The highest BCUT2D eigenvalue weighted by molar-refractivity contribution is 5.94. The van der Waals surface area contributed by atoms with E-state index in [2.05, 4.69) is 10.00 Å². The number of methoxy groups -OCH3 is 1. The van der Waals surface area contributed by atoms with E-state index >= 15 is 0 Å². The van der Waals surface area contributed by atoms with Gasteiger partial charge in [-0.3, -0.25) is 19.2 Å². The highest BCUT2D eigenvalue weighted by atomic mass is 19.2. The van der Waals surface area contributed by atoms with Crippen LogP contribution in [0.1, 0.15) is 35.0 Å². The number of anilines is 1. The van der Waals surface area contributed by atoms with Gasteiger partial charge in [0.25, 0.3) is 5.91 Å². The number of halogens is 2. The second kappa shape index (κ2) is 13.2. The SMILES string of the molecule is COc1ccc(-c2cc(C(=O)N3CCN(Cc4ccccc4)CCCN(C(C)=O)c4cc(F)c(F)cc4C3)nn2C)cc1. The fourth-order valence-electron chi connectivity index (χ4n) is 5.45. The molecule has 0 bridgehead atoms. The van der Waals surface area contributed by atoms with Gasteiger partial charge in [0.1, 0.15) is 5.75 Å². The molecule has 10 heteroatoms. The van der Waals surface area contributed by atoms with E-state index in [4.69, 9.17) is 4.74 Å². The first kappa shape index (κ1) is 29.9. The Kier molecular flexibility index (Phi) is 9.16. The van der Waals surface area contributed by atoms with Crippen LogP contribution < -0.4 is 9.64 Å². The lowest BCUT2D eigenvalue weighted by Crippen LogP contribution is -2.38. The Morgan fingerprint density at radius 3 is 2.33 bits per heavy atom. The lowest BCUT2D eigenvalue weighted by atomic mass is 10.1. The van der Waals surface area contributed by atoms with Crippen molar-refractivity contribution in [2.45, 2.75) is 26.4 Å². The normalized spacial score (nSPS) is 14.6. The van der Waals surface area contributed by atoms with Crippen LogP contribution in [0.3, 0.4) is 0 Å². The Labute approximate surface area is 250 Å². The zero-order valence-electron chi connectivity index (χ0n) is 24.6. The van der Waals surface area contributed by atoms with Gasteiger partial charge in [0, 0.05) is 64.9 Å². The average molecular weight is 588 g/mol. The lowest BCUT2D eigenvalue weighted by molar-refractivity contribution is -0.116. The van der Waals surface area contributed by atoms with Gasteiger partial charge in [-0.05, 0) is 53.9 Å². The molecule has 1 aliphatic rings. The van der Waals surface area contributed by atoms with E-state index in [-0.39, 0.29) is 29.7 Å². The number of amides is 2. The van der Waals surface area contributed by atoms with Crippen molar-refractivity contribution < 1.29 is 23.1 Å². The molecule has 8 nitrogen and oxygen atoms in total. The molecule has 1 aromatic heterocycles. The molecule has 0 atom stereocenters. The molecule has 0 radical (unpaired) electrons. The number of hydrogen-bond donors (Lipinski definition) is 0. The molecule has 0 fully saturated rings. The van der Waals surface area contributed by atoms with E-state index in [1.807, 2.05) is 54.6 Å². The number of hydrogen-bond acceptors (Lipinski definition) is 5. The first-order chi connectivity index (χ1) is 20.7. The molecule has 2 heterocycles. The van der Waals surface area contributed by atoms with E-state index in [9.17, 15) is 18.4 Å². The van der Waals surface area contributed by atoms with E-state index in [0.29, 0.717) is 50.5 Å². The second-order valence-electron chi connectivity index (χ2n) is 10.7. The molecule has 5 rings (SSSR count). The molecule has 224 valence electrons. The molecule has 0 N–H and O–H groups in total. The number of rotatable bonds is 5. The summed E-state index contributed by atoms with van der Waals surface area (Å²) in [5, 5.41) is 4.52. The van der Waals surface area contributed by atoms with Crippen LogP contribution in [0.2, 0.25) is 0 Å². The quantitative estimate of drug-likeness (QED) is 0.318. The van der Waals surface area contributed by atoms with Gasteiger partial charge in [-0.25, -0.2) is 8.78 Å². The van der Waals surface area contributed by atoms with Gasteiger partial charge in [0.05, 0.1) is 18.5 Å². The van der Waals surface area contributed by atoms with Crippen molar-refractivity contribution in [2.24, 2.45) is 7.05 Å². The van der Waals surface area contributed by atoms with Gasteiger partial charge < -0.3 is 14.5 Å². The Hall–Kier alpha value is -4.57. The van der Waals surface area contributed by atoms with E-state index in [1.54, 1.807) is 29.8 Å². The number of aromatic nitrogens is 2. The minimum atomic E-state index is -1.04. The number of benzene rings is 3. The van der Waals surface area contributed by atoms with Gasteiger partial charge in [-0.2, -0.15) is 5.10 Å². The first-order valence-electron chi connectivity index (χ1n) is 14.2. The Morgan fingerprint density at radius 1 is 0.907 bits per heavy atom. The predicted molar refractivity (Wildman–Crippen MR) is 161 cm³/mol. The summed E-state index contributed by atoms with van der Waals surface area (Å²) in [6.07, 6.45) is 0.615. The molecule has 2 amide bonds. The zero-order chi connectivity index (χ0) is 30.5. The maximum absolute atomic E-state index is 14.6. The predicted octanol–water partition coefficient (Wildman–Crippen LogP) is 5.28. The molecule has 0 aliphatic carbocycles. The van der Waals surface area contributed by atoms with Crippen molar-refractivity contribution in [3.05, 3.63) is 101 Å². The monoisotopic (exact) mass is 587 g/mol. The summed E-state index contributed by atoms with van der Waals surface area (Å²) >= 11 is 0. The topological polar surface area (TPSA) is 70.9 Å². The van der Waals surface area contributed by atoms with Gasteiger partial charge in [0.2, 0.25) is 5.91 Å². The Morgan fingerprint density at radius 2 is 1.63 bits per heavy atom. The summed E-state index contributed by atoms with van der Waals surface area (Å²) in [5.74, 6) is -1.99. The van der Waals surface area contributed by atoms with Crippen LogP contribution in [0.15, 0.2) is 72.8 Å². The fourth-order valence-corrected chi connectivity index (χ4v) is 5.45. The van der Waals surface area contributed by atoms with E-state index in [1.165, 1.54) is 11.8 Å². The number of aryl methyl sites for hydroxylation is 1. The van der Waals surface area contributed by atoms with Crippen LogP contribution >= 0.6 is 0 Å². The van der Waals surface area contributed by atoms with Crippen molar-refractivity contribution in [1.29, 1.82) is 0 Å². The van der Waals surface area contributed by atoms with Crippen LogP contribution in [0.25, 0.3) is 11.3 Å². The molecule has 0 unspecified atom stereocenters. The average Bonchev–Trinajstić information content (AvgIpc) is 3.38. The fraction of sp³-hybridized carbons (Fsp3) is 0.303. The van der Waals surface area contributed by atoms with Crippen molar-refractivity contribution in [3.8, 4) is 17.0 Å². The van der Waals surface area contributed by atoms with Gasteiger partial charge in [-0.1, -0.05) is 30.3 Å². The first-order valence-corrected chi connectivity index (χ1v) is 14.2. The van der Waals surface area contributed by atoms with Crippen molar-refractivity contribution in [2.75, 3.05) is 38.2 Å². The minimum Gasteiger partial charge on any atom is -0.497 e. The van der Waals surface area contributed by atoms with Crippen molar-refractivity contribution >= 4 is 17.5 Å². The maximum Gasteiger partial charge on any atom is 0.274 e. The van der Waals surface area contributed by atoms with Crippen LogP contribution in [0.5, 0.6) is 5.75 Å². The van der Waals surface area contributed by atoms with Crippen molar-refractivity contribution in [1.82, 2.24) is 19.6 Å². The lowest BCUT2D eigenvalue weighted by Gasteiger charge is -2.27. The molecule has 3 aromatic carbocycles. The zero-order valence-corrected chi connectivity index (χ0v) is 24.6. The van der Waals surface area contributed by atoms with E-state index < -0.39 is 11.6 Å². The number of nitrogens with zero attached hydrogens (tertiary/aromatic N) is 5. The highest BCUT2D eigenvalue weighted by Gasteiger charge is 2.26. The Bertz CT molecular complexity index is 1590. The summed E-state index contributed by atoms with van der Waals surface area (Å²) in [6, 6.07) is 21.3. The molecule has 0 saturated carbocycles. The highest BCUT2D eigenvalue weighted by Crippen LogP contribution is 2.28. The number of carbonyl (C=O) groups excluding carboxylic acids is 2. The molecule has 43 heavy (non-hydrogen) atoms. The second-order valence-corrected chi connectivity index (χ2v) is 10.7. The third kappa shape index (κ3) is 6.91. The minimum absolute atomic E-state index is 0.0250. The summed E-state index contributed by atoms with van der Waals surface area (Å²) in [6.45, 7) is 3.87. The summed E-state index contributed by atoms with van der Waals surface area (Å²) in [7, 11) is 3.36. The number of ether oxygens (including phenoxy) is 1. The summed E-state index contributed by atoms with van der Waals surface area (Å²) in [4.78, 5) is 32.1. The number of fused-ring (bicyclic) bond motifs is 1. The number of carbonyl (C=O) groups is 2. The smallest absolute Gasteiger partial charge is 0.274 e. The van der Waals surface area contributed by atoms with Crippen molar-refractivity contribution in [3.63, 3.8) is 0 Å². The third-order valence-electron chi connectivity index (χ3n) is 7.72. The molecular formula is C33H35F2N5O3. The van der Waals surface area contributed by atoms with Gasteiger partial charge in [0.15, 0.2) is 17.3 Å². The molecule has 0 saturated heterocycles. The molecular weight excluding hydrogens is 552 g/mol. The Balaban J connectivity index is 1.51. The van der Waals surface area contributed by atoms with E-state index in [0.717, 1.165) is 29.0 Å². The largest absolute Gasteiger partial charge is 0.497 e. The molecule has 0 spiro atoms. The van der Waals surface area contributed by atoms with Gasteiger partial charge >= 0.3 is 0 Å². The maximum atomic E-state index is 14.6. The van der Waals surface area contributed by atoms with Gasteiger partial charge in [-0.15, -0.1) is 0 Å². The van der Waals surface area contributed by atoms with Crippen LogP contribution in [-0.4, -0.2) is 64.7 Å². The molecule has 1 aliphatic heterocycles.